The van der Waals surface area contributed by atoms with Gasteiger partial charge in [0.05, 0.1) is 17.5 Å². The summed E-state index contributed by atoms with van der Waals surface area (Å²) in [6.45, 7) is 2.15. The van der Waals surface area contributed by atoms with E-state index >= 15 is 0 Å². The number of amides is 2. The monoisotopic (exact) mass is 430 g/mol. The van der Waals surface area contributed by atoms with Gasteiger partial charge in [-0.3, -0.25) is 14.2 Å². The fourth-order valence-corrected chi connectivity index (χ4v) is 5.29. The van der Waals surface area contributed by atoms with Crippen molar-refractivity contribution in [2.45, 2.75) is 38.8 Å². The molecule has 0 radical (unpaired) electrons. The van der Waals surface area contributed by atoms with Crippen LogP contribution < -0.4 is 5.32 Å². The zero-order chi connectivity index (χ0) is 21.3. The third-order valence-electron chi connectivity index (χ3n) is 5.21. The van der Waals surface area contributed by atoms with Gasteiger partial charge < -0.3 is 5.32 Å². The minimum atomic E-state index is -3.15. The van der Waals surface area contributed by atoms with E-state index in [0.717, 1.165) is 11.4 Å². The number of nitrogens with zero attached hydrogens (tertiary/aromatic N) is 5. The fourth-order valence-electron chi connectivity index (χ4n) is 3.59. The van der Waals surface area contributed by atoms with E-state index < -0.39 is 15.9 Å². The Hall–Kier alpha value is -3.08. The van der Waals surface area contributed by atoms with Gasteiger partial charge in [-0.05, 0) is 31.0 Å². The van der Waals surface area contributed by atoms with E-state index in [-0.39, 0.29) is 48.4 Å². The van der Waals surface area contributed by atoms with Crippen LogP contribution in [-0.4, -0.2) is 63.0 Å². The third kappa shape index (κ3) is 4.25. The van der Waals surface area contributed by atoms with Crippen LogP contribution >= 0.6 is 0 Å². The average molecular weight is 430 g/mol. The number of hydrazone groups is 1. The number of imidazole rings is 1. The number of aromatic nitrogens is 3. The molecule has 1 atom stereocenters. The number of rotatable bonds is 5. The van der Waals surface area contributed by atoms with Crippen molar-refractivity contribution in [3.63, 3.8) is 0 Å². The Morgan fingerprint density at radius 1 is 1.27 bits per heavy atom. The average Bonchev–Trinajstić information content (AvgIpc) is 3.31. The van der Waals surface area contributed by atoms with Crippen molar-refractivity contribution in [3.8, 4) is 5.82 Å². The number of aryl methyl sites for hydroxylation is 1. The predicted molar refractivity (Wildman–Crippen MR) is 109 cm³/mol. The highest BCUT2D eigenvalue weighted by Gasteiger charge is 2.37. The molecule has 2 aromatic rings. The van der Waals surface area contributed by atoms with Gasteiger partial charge in [-0.25, -0.2) is 23.4 Å². The Labute approximate surface area is 173 Å². The smallest absolute Gasteiger partial charge is 0.267 e. The summed E-state index contributed by atoms with van der Waals surface area (Å²) in [7, 11) is -3.15. The lowest BCUT2D eigenvalue weighted by molar-refractivity contribution is -0.133. The predicted octanol–water partition coefficient (Wildman–Crippen LogP) is 0.357. The molecule has 10 nitrogen and oxygen atoms in total. The lowest BCUT2D eigenvalue weighted by atomic mass is 10.1. The van der Waals surface area contributed by atoms with Gasteiger partial charge >= 0.3 is 0 Å². The second-order valence-corrected chi connectivity index (χ2v) is 9.62. The van der Waals surface area contributed by atoms with Crippen molar-refractivity contribution < 1.29 is 18.0 Å². The maximum atomic E-state index is 12.6. The molecule has 2 aliphatic heterocycles. The molecule has 2 aliphatic rings. The molecular formula is C19H22N6O4S. The molecule has 2 aromatic heterocycles. The third-order valence-corrected chi connectivity index (χ3v) is 6.96. The standard InChI is InChI=1S/C19H22N6O4S/c1-13-20-7-8-24(13)17-10-14(4-6-21-17)11-22-19(27)16-2-3-18(26)25(23-16)15-5-9-30(28,29)12-15/h4,6-8,10,15H,2-3,5,9,11-12H2,1H3,(H,22,27)/t15-/m0/s1. The summed E-state index contributed by atoms with van der Waals surface area (Å²) in [5.74, 6) is 0.822. The Bertz CT molecular complexity index is 1120. The molecule has 0 aliphatic carbocycles. The Morgan fingerprint density at radius 2 is 2.10 bits per heavy atom. The van der Waals surface area contributed by atoms with Gasteiger partial charge in [0.25, 0.3) is 5.91 Å². The van der Waals surface area contributed by atoms with E-state index in [2.05, 4.69) is 20.4 Å². The summed E-state index contributed by atoms with van der Waals surface area (Å²) in [5.41, 5.74) is 1.09. The maximum absolute atomic E-state index is 12.6. The van der Waals surface area contributed by atoms with Gasteiger partial charge in [-0.1, -0.05) is 0 Å². The van der Waals surface area contributed by atoms with Crippen molar-refractivity contribution in [1.82, 2.24) is 24.9 Å². The Balaban J connectivity index is 1.43. The summed E-state index contributed by atoms with van der Waals surface area (Å²) in [6, 6.07) is 3.17. The van der Waals surface area contributed by atoms with E-state index in [9.17, 15) is 18.0 Å². The molecule has 1 fully saturated rings. The topological polar surface area (TPSA) is 127 Å². The van der Waals surface area contributed by atoms with Crippen molar-refractivity contribution >= 4 is 27.4 Å². The zero-order valence-corrected chi connectivity index (χ0v) is 17.3. The molecular weight excluding hydrogens is 408 g/mol. The van der Waals surface area contributed by atoms with Crippen LogP contribution in [-0.2, 0) is 26.0 Å². The SMILES string of the molecule is Cc1nccn1-c1cc(CNC(=O)C2=NN([C@H]3CCS(=O)(=O)C3)C(=O)CC2)ccn1. The minimum absolute atomic E-state index is 0.0409. The molecule has 0 unspecified atom stereocenters. The van der Waals surface area contributed by atoms with Gasteiger partial charge in [0.1, 0.15) is 17.4 Å². The number of hydrogen-bond donors (Lipinski definition) is 1. The summed E-state index contributed by atoms with van der Waals surface area (Å²) in [6.07, 6.45) is 5.88. The van der Waals surface area contributed by atoms with Crippen LogP contribution in [0.2, 0.25) is 0 Å². The Morgan fingerprint density at radius 3 is 2.80 bits per heavy atom. The van der Waals surface area contributed by atoms with E-state index in [1.807, 2.05) is 23.8 Å². The van der Waals surface area contributed by atoms with Crippen molar-refractivity contribution in [3.05, 3.63) is 42.1 Å². The number of carbonyl (C=O) groups is 2. The normalized spacial score (nSPS) is 20.8. The zero-order valence-electron chi connectivity index (χ0n) is 16.5. The van der Waals surface area contributed by atoms with Crippen LogP contribution in [0.15, 0.2) is 35.8 Å². The molecule has 1 N–H and O–H groups in total. The summed E-state index contributed by atoms with van der Waals surface area (Å²) in [4.78, 5) is 33.3. The summed E-state index contributed by atoms with van der Waals surface area (Å²) < 4.78 is 25.3. The van der Waals surface area contributed by atoms with Crippen molar-refractivity contribution in [2.24, 2.45) is 5.10 Å². The molecule has 4 rings (SSSR count). The maximum Gasteiger partial charge on any atom is 0.267 e. The molecule has 0 spiro atoms. The quantitative estimate of drug-likeness (QED) is 0.730. The molecule has 2 amide bonds. The van der Waals surface area contributed by atoms with Gasteiger partial charge in [0, 0.05) is 38.0 Å². The number of sulfone groups is 1. The van der Waals surface area contributed by atoms with E-state index in [1.165, 1.54) is 5.01 Å². The first-order valence-electron chi connectivity index (χ1n) is 9.66. The van der Waals surface area contributed by atoms with E-state index in [0.29, 0.717) is 12.2 Å². The van der Waals surface area contributed by atoms with Gasteiger partial charge in [-0.2, -0.15) is 5.10 Å². The van der Waals surface area contributed by atoms with E-state index in [4.69, 9.17) is 0 Å². The number of carbonyl (C=O) groups excluding carboxylic acids is 2. The molecule has 0 saturated carbocycles. The highest BCUT2D eigenvalue weighted by molar-refractivity contribution is 7.91. The molecule has 4 heterocycles. The first-order chi connectivity index (χ1) is 14.3. The number of pyridine rings is 1. The van der Waals surface area contributed by atoms with Crippen molar-refractivity contribution in [2.75, 3.05) is 11.5 Å². The second kappa shape index (κ2) is 7.98. The summed E-state index contributed by atoms with van der Waals surface area (Å²) >= 11 is 0. The fraction of sp³-hybridized carbons (Fsp3) is 0.421. The highest BCUT2D eigenvalue weighted by atomic mass is 32.2. The van der Waals surface area contributed by atoms with Crippen LogP contribution in [0, 0.1) is 6.92 Å². The largest absolute Gasteiger partial charge is 0.347 e. The molecule has 30 heavy (non-hydrogen) atoms. The van der Waals surface area contributed by atoms with E-state index in [1.54, 1.807) is 18.5 Å². The first-order valence-corrected chi connectivity index (χ1v) is 11.5. The second-order valence-electron chi connectivity index (χ2n) is 7.39. The molecule has 158 valence electrons. The highest BCUT2D eigenvalue weighted by Crippen LogP contribution is 2.22. The van der Waals surface area contributed by atoms with Crippen LogP contribution in [0.5, 0.6) is 0 Å². The lowest BCUT2D eigenvalue weighted by Crippen LogP contribution is -2.43. The van der Waals surface area contributed by atoms with Crippen molar-refractivity contribution in [1.29, 1.82) is 0 Å². The number of nitrogens with one attached hydrogen (secondary N) is 1. The Kier molecular flexibility index (Phi) is 5.37. The van der Waals surface area contributed by atoms with Crippen LogP contribution in [0.25, 0.3) is 5.82 Å². The van der Waals surface area contributed by atoms with Gasteiger partial charge in [0.2, 0.25) is 5.91 Å². The van der Waals surface area contributed by atoms with Crippen LogP contribution in [0.1, 0.15) is 30.7 Å². The lowest BCUT2D eigenvalue weighted by Gasteiger charge is -2.27. The van der Waals surface area contributed by atoms with Gasteiger partial charge in [-0.15, -0.1) is 0 Å². The number of hydrogen-bond acceptors (Lipinski definition) is 7. The van der Waals surface area contributed by atoms with Crippen LogP contribution in [0.3, 0.4) is 0 Å². The first kappa shape index (κ1) is 20.2. The molecule has 0 aromatic carbocycles. The minimum Gasteiger partial charge on any atom is -0.347 e. The molecule has 0 bridgehead atoms. The molecule has 1 saturated heterocycles. The summed E-state index contributed by atoms with van der Waals surface area (Å²) in [5, 5.41) is 8.20. The van der Waals surface area contributed by atoms with Crippen LogP contribution in [0.4, 0.5) is 0 Å². The molecule has 11 heteroatoms. The van der Waals surface area contributed by atoms with Gasteiger partial charge in [0.15, 0.2) is 9.84 Å².